The van der Waals surface area contributed by atoms with Crippen LogP contribution in [0.25, 0.3) is 11.0 Å². The fourth-order valence-electron chi connectivity index (χ4n) is 2.43. The van der Waals surface area contributed by atoms with Crippen molar-refractivity contribution in [2.45, 2.75) is 45.4 Å². The van der Waals surface area contributed by atoms with Gasteiger partial charge in [0.15, 0.2) is 0 Å². The van der Waals surface area contributed by atoms with Crippen molar-refractivity contribution in [1.29, 1.82) is 0 Å². The number of hydrogen-bond acceptors (Lipinski definition) is 6. The van der Waals surface area contributed by atoms with E-state index < -0.39 is 24.0 Å². The third-order valence-corrected chi connectivity index (χ3v) is 3.47. The third-order valence-electron chi connectivity index (χ3n) is 3.47. The molecule has 1 unspecified atom stereocenters. The summed E-state index contributed by atoms with van der Waals surface area (Å²) in [5.41, 5.74) is 5.38. The summed E-state index contributed by atoms with van der Waals surface area (Å²) in [5.74, 6) is -0.0561. The Hall–Kier alpha value is -2.65. The second-order valence-electron chi connectivity index (χ2n) is 6.86. The number of anilines is 1. The lowest BCUT2D eigenvalue weighted by atomic mass is 10.2. The summed E-state index contributed by atoms with van der Waals surface area (Å²) in [6.07, 6.45) is -2.41. The van der Waals surface area contributed by atoms with Gasteiger partial charge < -0.3 is 20.7 Å². The number of carbonyl (C=O) groups is 2. The number of amides is 1. The number of aromatic nitrogens is 2. The van der Waals surface area contributed by atoms with Crippen molar-refractivity contribution in [3.8, 4) is 0 Å². The lowest BCUT2D eigenvalue weighted by Crippen LogP contribution is -2.40. The van der Waals surface area contributed by atoms with Gasteiger partial charge in [-0.2, -0.15) is 0 Å². The highest BCUT2D eigenvalue weighted by Gasteiger charge is 2.29. The van der Waals surface area contributed by atoms with Crippen LogP contribution in [-0.2, 0) is 4.74 Å². The molecule has 4 N–H and O–H groups in total. The normalized spacial score (nSPS) is 12.8. The van der Waals surface area contributed by atoms with Crippen LogP contribution in [0, 0.1) is 0 Å². The Labute approximate surface area is 151 Å². The third kappa shape index (κ3) is 4.70. The zero-order valence-corrected chi connectivity index (χ0v) is 15.0. The summed E-state index contributed by atoms with van der Waals surface area (Å²) in [5, 5.41) is 18.9. The smallest absolute Gasteiger partial charge is 0.418 e. The summed E-state index contributed by atoms with van der Waals surface area (Å²) >= 11 is 0. The van der Waals surface area contributed by atoms with E-state index in [2.05, 4.69) is 4.98 Å². The highest BCUT2D eigenvalue weighted by molar-refractivity contribution is 5.95. The molecule has 0 spiro atoms. The molecular formula is C17H24N4O5. The van der Waals surface area contributed by atoms with Crippen molar-refractivity contribution < 1.29 is 24.5 Å². The first-order chi connectivity index (χ1) is 12.1. The molecular weight excluding hydrogens is 340 g/mol. The van der Waals surface area contributed by atoms with E-state index >= 15 is 0 Å². The summed E-state index contributed by atoms with van der Waals surface area (Å²) < 4.78 is 6.33. The number of rotatable bonds is 5. The SMILES string of the molecule is CC(C)(C)OC(=O)N(CCCC(N)O)c1nc2ccccc2n1C(=O)O. The van der Waals surface area contributed by atoms with Gasteiger partial charge in [-0.15, -0.1) is 0 Å². The molecule has 0 fully saturated rings. The summed E-state index contributed by atoms with van der Waals surface area (Å²) in [6.45, 7) is 5.24. The maximum absolute atomic E-state index is 12.7. The maximum atomic E-state index is 12.7. The molecule has 0 saturated carbocycles. The topological polar surface area (TPSA) is 131 Å². The summed E-state index contributed by atoms with van der Waals surface area (Å²) in [7, 11) is 0. The number of nitrogens with zero attached hydrogens (tertiary/aromatic N) is 3. The Bertz CT molecular complexity index is 794. The van der Waals surface area contributed by atoms with Crippen LogP contribution < -0.4 is 10.6 Å². The van der Waals surface area contributed by atoms with E-state index in [0.29, 0.717) is 17.5 Å². The maximum Gasteiger partial charge on any atom is 0.418 e. The number of aliphatic hydroxyl groups excluding tert-OH is 1. The minimum absolute atomic E-state index is 0.0561. The standard InChI is InChI=1S/C17H24N4O5/c1-17(2,3)26-16(25)20(10-6-9-13(18)22)14-19-11-7-4-5-8-12(11)21(14)15(23)24/h4-5,7-8,13,22H,6,9-10,18H2,1-3H3,(H,23,24). The number of hydrogen-bond donors (Lipinski definition) is 3. The van der Waals surface area contributed by atoms with E-state index in [0.717, 1.165) is 9.47 Å². The van der Waals surface area contributed by atoms with Crippen LogP contribution >= 0.6 is 0 Å². The molecule has 0 saturated heterocycles. The fraction of sp³-hybridized carbons (Fsp3) is 0.471. The van der Waals surface area contributed by atoms with Crippen LogP contribution in [0.1, 0.15) is 33.6 Å². The van der Waals surface area contributed by atoms with Crippen LogP contribution in [-0.4, -0.2) is 50.3 Å². The highest BCUT2D eigenvalue weighted by atomic mass is 16.6. The molecule has 2 rings (SSSR count). The van der Waals surface area contributed by atoms with Crippen molar-refractivity contribution in [3.05, 3.63) is 24.3 Å². The molecule has 26 heavy (non-hydrogen) atoms. The van der Waals surface area contributed by atoms with Crippen molar-refractivity contribution in [2.24, 2.45) is 5.73 Å². The second kappa shape index (κ2) is 7.71. The minimum atomic E-state index is -1.26. The van der Waals surface area contributed by atoms with Gasteiger partial charge >= 0.3 is 12.2 Å². The van der Waals surface area contributed by atoms with Gasteiger partial charge in [0, 0.05) is 6.54 Å². The molecule has 0 bridgehead atoms. The van der Waals surface area contributed by atoms with Gasteiger partial charge in [0.25, 0.3) is 0 Å². The molecule has 9 heteroatoms. The molecule has 1 aromatic carbocycles. The Morgan fingerprint density at radius 2 is 2.00 bits per heavy atom. The lowest BCUT2D eigenvalue weighted by Gasteiger charge is -2.26. The van der Waals surface area contributed by atoms with Gasteiger partial charge in [-0.25, -0.2) is 24.0 Å². The molecule has 0 radical (unpaired) electrons. The van der Waals surface area contributed by atoms with Gasteiger partial charge in [-0.3, -0.25) is 0 Å². The summed E-state index contributed by atoms with van der Waals surface area (Å²) in [4.78, 5) is 29.9. The van der Waals surface area contributed by atoms with Crippen molar-refractivity contribution >= 4 is 29.2 Å². The molecule has 0 aliphatic heterocycles. The van der Waals surface area contributed by atoms with Crippen LogP contribution in [0.5, 0.6) is 0 Å². The second-order valence-corrected chi connectivity index (χ2v) is 6.86. The average molecular weight is 364 g/mol. The first-order valence-corrected chi connectivity index (χ1v) is 8.25. The average Bonchev–Trinajstić information content (AvgIpc) is 2.88. The lowest BCUT2D eigenvalue weighted by molar-refractivity contribution is 0.0574. The van der Waals surface area contributed by atoms with Gasteiger partial charge in [0.2, 0.25) is 5.95 Å². The zero-order valence-electron chi connectivity index (χ0n) is 15.0. The molecule has 1 amide bonds. The molecule has 9 nitrogen and oxygen atoms in total. The Morgan fingerprint density at radius 1 is 1.35 bits per heavy atom. The number of carboxylic acid groups (broad SMARTS) is 1. The van der Waals surface area contributed by atoms with Crippen molar-refractivity contribution in [2.75, 3.05) is 11.4 Å². The van der Waals surface area contributed by atoms with Crippen molar-refractivity contribution in [1.82, 2.24) is 9.55 Å². The number of para-hydroxylation sites is 2. The van der Waals surface area contributed by atoms with Gasteiger partial charge in [0.1, 0.15) is 11.8 Å². The van der Waals surface area contributed by atoms with Crippen LogP contribution in [0.4, 0.5) is 15.5 Å². The first kappa shape index (κ1) is 19.7. The van der Waals surface area contributed by atoms with E-state index in [-0.39, 0.29) is 18.9 Å². The number of nitrogens with two attached hydrogens (primary N) is 1. The molecule has 2 aromatic rings. The number of carbonyl (C=O) groups excluding carboxylic acids is 1. The zero-order chi connectivity index (χ0) is 19.5. The van der Waals surface area contributed by atoms with Crippen LogP contribution in [0.3, 0.4) is 0 Å². The highest BCUT2D eigenvalue weighted by Crippen LogP contribution is 2.24. The number of fused-ring (bicyclic) bond motifs is 1. The number of ether oxygens (including phenoxy) is 1. The number of benzene rings is 1. The van der Waals surface area contributed by atoms with Gasteiger partial charge in [-0.1, -0.05) is 12.1 Å². The Morgan fingerprint density at radius 3 is 2.58 bits per heavy atom. The van der Waals surface area contributed by atoms with E-state index in [1.54, 1.807) is 45.0 Å². The molecule has 1 aromatic heterocycles. The largest absolute Gasteiger partial charge is 0.464 e. The Balaban J connectivity index is 2.46. The predicted octanol–water partition coefficient (Wildman–Crippen LogP) is 2.36. The number of imidazole rings is 1. The van der Waals surface area contributed by atoms with Crippen LogP contribution in [0.15, 0.2) is 24.3 Å². The van der Waals surface area contributed by atoms with E-state index in [4.69, 9.17) is 10.5 Å². The van der Waals surface area contributed by atoms with Crippen molar-refractivity contribution in [3.63, 3.8) is 0 Å². The van der Waals surface area contributed by atoms with Gasteiger partial charge in [0.05, 0.1) is 11.0 Å². The first-order valence-electron chi connectivity index (χ1n) is 8.25. The number of aliphatic hydroxyl groups is 1. The fourth-order valence-corrected chi connectivity index (χ4v) is 2.43. The molecule has 1 heterocycles. The Kier molecular flexibility index (Phi) is 5.83. The molecule has 1 atom stereocenters. The molecule has 0 aliphatic rings. The predicted molar refractivity (Wildman–Crippen MR) is 96.2 cm³/mol. The molecule has 142 valence electrons. The molecule has 0 aliphatic carbocycles. The quantitative estimate of drug-likeness (QED) is 0.694. The minimum Gasteiger partial charge on any atom is -0.464 e. The summed E-state index contributed by atoms with van der Waals surface area (Å²) in [6, 6.07) is 6.69. The van der Waals surface area contributed by atoms with Crippen LogP contribution in [0.2, 0.25) is 0 Å². The van der Waals surface area contributed by atoms with E-state index in [1.807, 2.05) is 0 Å². The van der Waals surface area contributed by atoms with E-state index in [1.165, 1.54) is 0 Å². The van der Waals surface area contributed by atoms with E-state index in [9.17, 15) is 19.8 Å². The van der Waals surface area contributed by atoms with Gasteiger partial charge in [-0.05, 0) is 45.7 Å². The monoisotopic (exact) mass is 364 g/mol.